The first kappa shape index (κ1) is 12.0. The van der Waals surface area contributed by atoms with Crippen molar-refractivity contribution in [2.24, 2.45) is 0 Å². The molecule has 6 nitrogen and oxygen atoms in total. The fourth-order valence-electron chi connectivity index (χ4n) is 1.54. The second-order valence-electron chi connectivity index (χ2n) is 3.57. The molecular weight excluding hydrogens is 230 g/mol. The highest BCUT2D eigenvalue weighted by atomic mass is 16.5. The van der Waals surface area contributed by atoms with E-state index in [4.69, 9.17) is 10.5 Å². The highest BCUT2D eigenvalue weighted by Crippen LogP contribution is 2.26. The molecule has 1 aromatic carbocycles. The number of nitrogens with one attached hydrogen (secondary N) is 2. The number of para-hydroxylation sites is 2. The van der Waals surface area contributed by atoms with Crippen molar-refractivity contribution >= 4 is 23.3 Å². The number of nitrogen functional groups attached to an aromatic ring is 1. The molecule has 18 heavy (non-hydrogen) atoms. The minimum atomic E-state index is 0.208. The molecule has 0 amide bonds. The Hall–Kier alpha value is -2.50. The van der Waals surface area contributed by atoms with Crippen LogP contribution in [0.15, 0.2) is 30.3 Å². The fourth-order valence-corrected chi connectivity index (χ4v) is 1.54. The SMILES string of the molecule is CNc1cc(Nc2ccccc2OC)nc(N)n1. The quantitative estimate of drug-likeness (QED) is 0.762. The molecule has 0 radical (unpaired) electrons. The van der Waals surface area contributed by atoms with Gasteiger partial charge in [-0.3, -0.25) is 0 Å². The zero-order valence-electron chi connectivity index (χ0n) is 10.3. The molecule has 0 saturated carbocycles. The predicted molar refractivity (Wildman–Crippen MR) is 72.3 cm³/mol. The average Bonchev–Trinajstić information content (AvgIpc) is 2.38. The highest BCUT2D eigenvalue weighted by Gasteiger charge is 2.05. The molecule has 6 heteroatoms. The monoisotopic (exact) mass is 245 g/mol. The largest absolute Gasteiger partial charge is 0.495 e. The van der Waals surface area contributed by atoms with Gasteiger partial charge in [-0.2, -0.15) is 9.97 Å². The second kappa shape index (κ2) is 5.22. The summed E-state index contributed by atoms with van der Waals surface area (Å²) >= 11 is 0. The van der Waals surface area contributed by atoms with Gasteiger partial charge in [-0.1, -0.05) is 12.1 Å². The molecular formula is C12H15N5O. The van der Waals surface area contributed by atoms with Crippen LogP contribution in [0.1, 0.15) is 0 Å². The zero-order chi connectivity index (χ0) is 13.0. The Labute approximate surface area is 105 Å². The molecule has 0 saturated heterocycles. The van der Waals surface area contributed by atoms with Gasteiger partial charge in [0.15, 0.2) is 0 Å². The molecule has 0 bridgehead atoms. The summed E-state index contributed by atoms with van der Waals surface area (Å²) in [6, 6.07) is 9.34. The Morgan fingerprint density at radius 3 is 2.61 bits per heavy atom. The molecule has 2 aromatic rings. The molecule has 2 rings (SSSR count). The third kappa shape index (κ3) is 2.60. The van der Waals surface area contributed by atoms with Gasteiger partial charge in [0.05, 0.1) is 12.8 Å². The summed E-state index contributed by atoms with van der Waals surface area (Å²) in [5.74, 6) is 2.20. The van der Waals surface area contributed by atoms with E-state index in [2.05, 4.69) is 20.6 Å². The van der Waals surface area contributed by atoms with E-state index in [1.165, 1.54) is 0 Å². The van der Waals surface area contributed by atoms with Gasteiger partial charge < -0.3 is 21.1 Å². The number of nitrogens with two attached hydrogens (primary N) is 1. The van der Waals surface area contributed by atoms with Crippen LogP contribution in [-0.4, -0.2) is 24.1 Å². The number of hydrogen-bond donors (Lipinski definition) is 3. The summed E-state index contributed by atoms with van der Waals surface area (Å²) in [4.78, 5) is 8.13. The van der Waals surface area contributed by atoms with Crippen molar-refractivity contribution in [1.29, 1.82) is 0 Å². The summed E-state index contributed by atoms with van der Waals surface area (Å²) in [6.45, 7) is 0. The van der Waals surface area contributed by atoms with Gasteiger partial charge >= 0.3 is 0 Å². The van der Waals surface area contributed by atoms with Crippen molar-refractivity contribution in [2.75, 3.05) is 30.5 Å². The first-order valence-corrected chi connectivity index (χ1v) is 5.45. The van der Waals surface area contributed by atoms with Gasteiger partial charge in [0, 0.05) is 13.1 Å². The zero-order valence-corrected chi connectivity index (χ0v) is 10.3. The number of ether oxygens (including phenoxy) is 1. The maximum Gasteiger partial charge on any atom is 0.223 e. The van der Waals surface area contributed by atoms with Crippen LogP contribution in [0.5, 0.6) is 5.75 Å². The van der Waals surface area contributed by atoms with Crippen LogP contribution in [0, 0.1) is 0 Å². The lowest BCUT2D eigenvalue weighted by Gasteiger charge is -2.11. The Bertz CT molecular complexity index is 544. The van der Waals surface area contributed by atoms with E-state index in [9.17, 15) is 0 Å². The molecule has 4 N–H and O–H groups in total. The van der Waals surface area contributed by atoms with Crippen molar-refractivity contribution in [2.45, 2.75) is 0 Å². The lowest BCUT2D eigenvalue weighted by molar-refractivity contribution is 0.417. The summed E-state index contributed by atoms with van der Waals surface area (Å²) in [5, 5.41) is 6.06. The minimum absolute atomic E-state index is 0.208. The Morgan fingerprint density at radius 2 is 1.89 bits per heavy atom. The molecule has 0 unspecified atom stereocenters. The van der Waals surface area contributed by atoms with Gasteiger partial charge in [0.25, 0.3) is 0 Å². The topological polar surface area (TPSA) is 85.1 Å². The molecule has 94 valence electrons. The summed E-state index contributed by atoms with van der Waals surface area (Å²) in [6.07, 6.45) is 0. The van der Waals surface area contributed by atoms with E-state index in [-0.39, 0.29) is 5.95 Å². The second-order valence-corrected chi connectivity index (χ2v) is 3.57. The Morgan fingerprint density at radius 1 is 1.17 bits per heavy atom. The van der Waals surface area contributed by atoms with E-state index in [1.807, 2.05) is 24.3 Å². The normalized spacial score (nSPS) is 9.89. The maximum absolute atomic E-state index is 5.63. The number of hydrogen-bond acceptors (Lipinski definition) is 6. The molecule has 1 aromatic heterocycles. The van der Waals surface area contributed by atoms with Crippen molar-refractivity contribution in [1.82, 2.24) is 9.97 Å². The van der Waals surface area contributed by atoms with E-state index in [0.717, 1.165) is 11.4 Å². The first-order valence-electron chi connectivity index (χ1n) is 5.45. The molecule has 1 heterocycles. The van der Waals surface area contributed by atoms with Crippen LogP contribution in [0.25, 0.3) is 0 Å². The third-order valence-electron chi connectivity index (χ3n) is 2.37. The van der Waals surface area contributed by atoms with Crippen molar-refractivity contribution < 1.29 is 4.74 Å². The minimum Gasteiger partial charge on any atom is -0.495 e. The Kier molecular flexibility index (Phi) is 3.47. The van der Waals surface area contributed by atoms with Gasteiger partial charge in [-0.05, 0) is 12.1 Å². The lowest BCUT2D eigenvalue weighted by Crippen LogP contribution is -2.03. The summed E-state index contributed by atoms with van der Waals surface area (Å²) in [5.41, 5.74) is 6.45. The van der Waals surface area contributed by atoms with Crippen LogP contribution >= 0.6 is 0 Å². The number of anilines is 4. The number of rotatable bonds is 4. The summed E-state index contributed by atoms with van der Waals surface area (Å²) in [7, 11) is 3.39. The number of nitrogens with zero attached hydrogens (tertiary/aromatic N) is 2. The first-order chi connectivity index (χ1) is 8.72. The van der Waals surface area contributed by atoms with E-state index in [1.54, 1.807) is 20.2 Å². The number of benzene rings is 1. The summed E-state index contributed by atoms with van der Waals surface area (Å²) < 4.78 is 5.25. The van der Waals surface area contributed by atoms with Crippen molar-refractivity contribution in [3.05, 3.63) is 30.3 Å². The van der Waals surface area contributed by atoms with Crippen molar-refractivity contribution in [3.8, 4) is 5.75 Å². The molecule has 0 aliphatic rings. The number of methoxy groups -OCH3 is 1. The van der Waals surface area contributed by atoms with Crippen molar-refractivity contribution in [3.63, 3.8) is 0 Å². The average molecular weight is 245 g/mol. The van der Waals surface area contributed by atoms with Gasteiger partial charge in [0.2, 0.25) is 5.95 Å². The fraction of sp³-hybridized carbons (Fsp3) is 0.167. The van der Waals surface area contributed by atoms with Gasteiger partial charge in [-0.25, -0.2) is 0 Å². The molecule has 0 aliphatic carbocycles. The number of aromatic nitrogens is 2. The van der Waals surface area contributed by atoms with Crippen LogP contribution < -0.4 is 21.1 Å². The van der Waals surface area contributed by atoms with Crippen LogP contribution in [0.4, 0.5) is 23.3 Å². The Balaban J connectivity index is 2.30. The third-order valence-corrected chi connectivity index (χ3v) is 2.37. The molecule has 0 atom stereocenters. The standard InChI is InChI=1S/C12H15N5O/c1-14-10-7-11(17-12(13)16-10)15-8-5-3-4-6-9(8)18-2/h3-7H,1-2H3,(H4,13,14,15,16,17). The van der Waals surface area contributed by atoms with Crippen LogP contribution in [-0.2, 0) is 0 Å². The maximum atomic E-state index is 5.63. The smallest absolute Gasteiger partial charge is 0.223 e. The van der Waals surface area contributed by atoms with E-state index >= 15 is 0 Å². The van der Waals surface area contributed by atoms with Gasteiger partial charge in [0.1, 0.15) is 17.4 Å². The van der Waals surface area contributed by atoms with Gasteiger partial charge in [-0.15, -0.1) is 0 Å². The predicted octanol–water partition coefficient (Wildman–Crippen LogP) is 1.85. The molecule has 0 aliphatic heterocycles. The van der Waals surface area contributed by atoms with Crippen LogP contribution in [0.3, 0.4) is 0 Å². The molecule has 0 fully saturated rings. The van der Waals surface area contributed by atoms with E-state index < -0.39 is 0 Å². The molecule has 0 spiro atoms. The van der Waals surface area contributed by atoms with E-state index in [0.29, 0.717) is 11.6 Å². The van der Waals surface area contributed by atoms with Crippen LogP contribution in [0.2, 0.25) is 0 Å². The highest BCUT2D eigenvalue weighted by molar-refractivity contribution is 5.66. The lowest BCUT2D eigenvalue weighted by atomic mass is 10.3.